The highest BCUT2D eigenvalue weighted by atomic mass is 16.2. The smallest absolute Gasteiger partial charge is 0.232 e. The van der Waals surface area contributed by atoms with Crippen LogP contribution in [0.4, 0.5) is 11.4 Å². The van der Waals surface area contributed by atoms with Crippen LogP contribution in [0.25, 0.3) is 6.08 Å². The van der Waals surface area contributed by atoms with E-state index in [9.17, 15) is 9.59 Å². The fraction of sp³-hybridized carbons (Fsp3) is 0.333. The minimum Gasteiger partial charge on any atom is -0.312 e. The molecule has 3 aliphatic rings. The Balaban J connectivity index is 1.08. The van der Waals surface area contributed by atoms with Crippen LogP contribution in [-0.4, -0.2) is 49.4 Å². The monoisotopic (exact) mass is 505 g/mol. The van der Waals surface area contributed by atoms with Crippen LogP contribution in [0.2, 0.25) is 0 Å². The molecule has 2 aliphatic heterocycles. The van der Waals surface area contributed by atoms with Crippen LogP contribution in [0.15, 0.2) is 91.0 Å². The Morgan fingerprint density at radius 1 is 0.895 bits per heavy atom. The van der Waals surface area contributed by atoms with Gasteiger partial charge in [0.25, 0.3) is 0 Å². The van der Waals surface area contributed by atoms with Crippen molar-refractivity contribution >= 4 is 29.3 Å². The number of para-hydroxylation sites is 2. The van der Waals surface area contributed by atoms with E-state index in [-0.39, 0.29) is 29.6 Å². The van der Waals surface area contributed by atoms with Gasteiger partial charge in [0.1, 0.15) is 0 Å². The van der Waals surface area contributed by atoms with E-state index in [0.717, 1.165) is 50.3 Å². The molecule has 0 N–H and O–H groups in total. The van der Waals surface area contributed by atoms with Gasteiger partial charge in [0.05, 0.1) is 5.92 Å². The summed E-state index contributed by atoms with van der Waals surface area (Å²) >= 11 is 0. The predicted molar refractivity (Wildman–Crippen MR) is 153 cm³/mol. The first-order chi connectivity index (χ1) is 18.6. The fourth-order valence-corrected chi connectivity index (χ4v) is 6.42. The number of piperidine rings is 1. The maximum absolute atomic E-state index is 13.8. The molecule has 38 heavy (non-hydrogen) atoms. The number of anilines is 2. The number of hydrogen-bond donors (Lipinski definition) is 0. The molecule has 0 radical (unpaired) electrons. The minimum absolute atomic E-state index is 0.0207. The Morgan fingerprint density at radius 3 is 2.34 bits per heavy atom. The summed E-state index contributed by atoms with van der Waals surface area (Å²) < 4.78 is 0. The lowest BCUT2D eigenvalue weighted by atomic mass is 9.74. The second-order valence-electron chi connectivity index (χ2n) is 10.8. The average Bonchev–Trinajstić information content (AvgIpc) is 3.54. The topological polar surface area (TPSA) is 43.9 Å². The van der Waals surface area contributed by atoms with Gasteiger partial charge in [-0.1, -0.05) is 72.8 Å². The molecular formula is C33H35N3O2. The van der Waals surface area contributed by atoms with Crippen LogP contribution < -0.4 is 9.80 Å². The lowest BCUT2D eigenvalue weighted by Crippen LogP contribution is -2.43. The third-order valence-corrected chi connectivity index (χ3v) is 8.56. The van der Waals surface area contributed by atoms with E-state index in [2.05, 4.69) is 41.3 Å². The average molecular weight is 506 g/mol. The molecule has 0 saturated carbocycles. The largest absolute Gasteiger partial charge is 0.312 e. The van der Waals surface area contributed by atoms with Crippen molar-refractivity contribution in [3.63, 3.8) is 0 Å². The zero-order valence-electron chi connectivity index (χ0n) is 21.8. The van der Waals surface area contributed by atoms with Gasteiger partial charge < -0.3 is 14.7 Å². The van der Waals surface area contributed by atoms with Crippen molar-refractivity contribution in [3.05, 3.63) is 102 Å². The summed E-state index contributed by atoms with van der Waals surface area (Å²) in [5.41, 5.74) is 4.82. The highest BCUT2D eigenvalue weighted by Gasteiger charge is 2.39. The summed E-state index contributed by atoms with van der Waals surface area (Å²) in [4.78, 5) is 32.8. The zero-order valence-corrected chi connectivity index (χ0v) is 21.8. The highest BCUT2D eigenvalue weighted by Crippen LogP contribution is 2.43. The molecule has 1 atom stereocenters. The van der Waals surface area contributed by atoms with E-state index in [1.54, 1.807) is 4.90 Å². The van der Waals surface area contributed by atoms with Crippen molar-refractivity contribution in [2.75, 3.05) is 42.5 Å². The van der Waals surface area contributed by atoms with Gasteiger partial charge in [-0.2, -0.15) is 0 Å². The molecule has 3 aromatic rings. The minimum atomic E-state index is -0.327. The second kappa shape index (κ2) is 10.6. The van der Waals surface area contributed by atoms with Gasteiger partial charge in [0.2, 0.25) is 11.8 Å². The number of benzene rings is 3. The number of fused-ring (bicyclic) bond motifs is 2. The number of carbonyl (C=O) groups excluding carboxylic acids is 2. The van der Waals surface area contributed by atoms with Gasteiger partial charge in [0, 0.05) is 36.3 Å². The Kier molecular flexibility index (Phi) is 6.86. The summed E-state index contributed by atoms with van der Waals surface area (Å²) in [5, 5.41) is 0. The molecule has 5 nitrogen and oxygen atoms in total. The van der Waals surface area contributed by atoms with Crippen molar-refractivity contribution in [1.82, 2.24) is 4.90 Å². The number of allylic oxidation sites excluding steroid dienone is 1. The number of likely N-dealkylation sites (tertiary alicyclic amines) is 1. The molecule has 2 heterocycles. The van der Waals surface area contributed by atoms with E-state index in [1.807, 2.05) is 65.6 Å². The molecule has 1 spiro atoms. The maximum atomic E-state index is 13.8. The normalized spacial score (nSPS) is 20.2. The molecule has 6 rings (SSSR count). The summed E-state index contributed by atoms with van der Waals surface area (Å²) in [6, 6.07) is 28.4. The molecule has 0 aromatic heterocycles. The maximum Gasteiger partial charge on any atom is 0.232 e. The summed E-state index contributed by atoms with van der Waals surface area (Å²) in [6.45, 7) is 4.21. The molecule has 2 fully saturated rings. The quantitative estimate of drug-likeness (QED) is 0.425. The molecule has 3 aromatic carbocycles. The van der Waals surface area contributed by atoms with Crippen molar-refractivity contribution < 1.29 is 9.59 Å². The zero-order chi connectivity index (χ0) is 26.0. The van der Waals surface area contributed by atoms with Crippen LogP contribution in [0.5, 0.6) is 0 Å². The lowest BCUT2D eigenvalue weighted by molar-refractivity contribution is -0.124. The highest BCUT2D eigenvalue weighted by molar-refractivity contribution is 6.04. The van der Waals surface area contributed by atoms with Gasteiger partial charge in [-0.3, -0.25) is 9.59 Å². The lowest BCUT2D eigenvalue weighted by Gasteiger charge is -2.39. The number of rotatable bonds is 7. The Labute approximate surface area is 225 Å². The van der Waals surface area contributed by atoms with Gasteiger partial charge in [-0.15, -0.1) is 0 Å². The first-order valence-corrected chi connectivity index (χ1v) is 13.9. The standard InChI is InChI=1S/C33H35N3O2/c37-31-24-27(25-36(31)29-13-5-2-6-14-29)32(38)35(28-11-3-1-4-12-28)21-9-20-34-22-18-33(19-23-34)17-16-26-10-7-8-15-30(26)33/h1-8,10-17,27H,9,18-25H2. The van der Waals surface area contributed by atoms with Crippen molar-refractivity contribution in [2.24, 2.45) is 5.92 Å². The van der Waals surface area contributed by atoms with E-state index < -0.39 is 0 Å². The molecule has 2 amide bonds. The van der Waals surface area contributed by atoms with Gasteiger partial charge in [0.15, 0.2) is 0 Å². The van der Waals surface area contributed by atoms with E-state index in [1.165, 1.54) is 11.1 Å². The molecule has 0 bridgehead atoms. The van der Waals surface area contributed by atoms with Crippen molar-refractivity contribution in [2.45, 2.75) is 31.1 Å². The third kappa shape index (κ3) is 4.79. The molecule has 194 valence electrons. The molecule has 1 aliphatic carbocycles. The van der Waals surface area contributed by atoms with Crippen molar-refractivity contribution in [1.29, 1.82) is 0 Å². The Hall–Kier alpha value is -3.70. The van der Waals surface area contributed by atoms with Crippen LogP contribution in [0.1, 0.15) is 36.8 Å². The second-order valence-corrected chi connectivity index (χ2v) is 10.8. The van der Waals surface area contributed by atoms with Crippen molar-refractivity contribution in [3.8, 4) is 0 Å². The number of amides is 2. The van der Waals surface area contributed by atoms with Gasteiger partial charge in [-0.25, -0.2) is 0 Å². The summed E-state index contributed by atoms with van der Waals surface area (Å²) in [6.07, 6.45) is 8.17. The molecular weight excluding hydrogens is 470 g/mol. The summed E-state index contributed by atoms with van der Waals surface area (Å²) in [5.74, 6) is -0.257. The number of hydrogen-bond acceptors (Lipinski definition) is 3. The van der Waals surface area contributed by atoms with E-state index in [4.69, 9.17) is 0 Å². The van der Waals surface area contributed by atoms with E-state index >= 15 is 0 Å². The first-order valence-electron chi connectivity index (χ1n) is 13.9. The van der Waals surface area contributed by atoms with Crippen LogP contribution in [-0.2, 0) is 15.0 Å². The van der Waals surface area contributed by atoms with Gasteiger partial charge in [-0.05, 0) is 74.3 Å². The van der Waals surface area contributed by atoms with Crippen LogP contribution in [0, 0.1) is 5.92 Å². The number of carbonyl (C=O) groups is 2. The predicted octanol–water partition coefficient (Wildman–Crippen LogP) is 5.52. The SMILES string of the molecule is O=C1CC(C(=O)N(CCCN2CCC3(C=Cc4ccccc43)CC2)c2ccccc2)CN1c1ccccc1. The fourth-order valence-electron chi connectivity index (χ4n) is 6.42. The van der Waals surface area contributed by atoms with Crippen LogP contribution >= 0.6 is 0 Å². The van der Waals surface area contributed by atoms with E-state index in [0.29, 0.717) is 13.1 Å². The Bertz CT molecular complexity index is 1310. The Morgan fingerprint density at radius 2 is 1.58 bits per heavy atom. The molecule has 5 heteroatoms. The van der Waals surface area contributed by atoms with Crippen LogP contribution in [0.3, 0.4) is 0 Å². The molecule has 1 unspecified atom stereocenters. The van der Waals surface area contributed by atoms with Gasteiger partial charge >= 0.3 is 0 Å². The third-order valence-electron chi connectivity index (χ3n) is 8.56. The summed E-state index contributed by atoms with van der Waals surface area (Å²) in [7, 11) is 0. The first kappa shape index (κ1) is 24.6. The molecule has 2 saturated heterocycles. The number of nitrogens with zero attached hydrogens (tertiary/aromatic N) is 3.